The first-order valence-corrected chi connectivity index (χ1v) is 12.8. The molecule has 1 N–H and O–H groups in total. The number of non-ortho nitro benzene ring substituents is 1. The van der Waals surface area contributed by atoms with E-state index in [1.165, 1.54) is 30.8 Å². The molecule has 0 aliphatic heterocycles. The van der Waals surface area contributed by atoms with Crippen molar-refractivity contribution in [1.82, 2.24) is 5.43 Å². The fourth-order valence-electron chi connectivity index (χ4n) is 3.57. The van der Waals surface area contributed by atoms with Gasteiger partial charge in [-0.2, -0.15) is 5.10 Å². The van der Waals surface area contributed by atoms with Gasteiger partial charge in [0.15, 0.2) is 0 Å². The third-order valence-electron chi connectivity index (χ3n) is 5.29. The van der Waals surface area contributed by atoms with E-state index >= 15 is 0 Å². The molecular formula is C26H19I2N3O5. The molecule has 36 heavy (non-hydrogen) atoms. The first-order chi connectivity index (χ1) is 17.4. The van der Waals surface area contributed by atoms with Gasteiger partial charge >= 0.3 is 0 Å². The molecule has 10 heteroatoms. The molecule has 0 aliphatic rings. The van der Waals surface area contributed by atoms with E-state index in [2.05, 4.69) is 80.0 Å². The van der Waals surface area contributed by atoms with Crippen LogP contribution in [0, 0.1) is 17.3 Å². The number of hydrogen-bond acceptors (Lipinski definition) is 6. The second-order valence-corrected chi connectivity index (χ2v) is 9.91. The van der Waals surface area contributed by atoms with Crippen LogP contribution < -0.4 is 14.9 Å². The number of carbonyl (C=O) groups is 1. The summed E-state index contributed by atoms with van der Waals surface area (Å²) in [5.74, 6) is 0.364. The number of carbonyl (C=O) groups excluding carboxylic acids is 1. The van der Waals surface area contributed by atoms with Crippen molar-refractivity contribution in [2.45, 2.75) is 6.61 Å². The normalized spacial score (nSPS) is 11.0. The Balaban J connectivity index is 1.46. The summed E-state index contributed by atoms with van der Waals surface area (Å²) in [6, 6.07) is 21.9. The van der Waals surface area contributed by atoms with Gasteiger partial charge in [-0.15, -0.1) is 0 Å². The molecule has 182 valence electrons. The maximum atomic E-state index is 12.5. The zero-order chi connectivity index (χ0) is 25.7. The molecule has 0 aromatic heterocycles. The Labute approximate surface area is 234 Å². The molecule has 1 amide bonds. The van der Waals surface area contributed by atoms with Crippen LogP contribution >= 0.6 is 45.2 Å². The first-order valence-electron chi connectivity index (χ1n) is 10.6. The van der Waals surface area contributed by atoms with E-state index in [-0.39, 0.29) is 17.0 Å². The Hall–Kier alpha value is -3.26. The van der Waals surface area contributed by atoms with Gasteiger partial charge in [0.1, 0.15) is 18.1 Å². The Kier molecular flexibility index (Phi) is 8.36. The van der Waals surface area contributed by atoms with Gasteiger partial charge in [0.25, 0.3) is 11.6 Å². The van der Waals surface area contributed by atoms with E-state index in [1.807, 2.05) is 30.3 Å². The summed E-state index contributed by atoms with van der Waals surface area (Å²) in [6.45, 7) is 0.432. The topological polar surface area (TPSA) is 103 Å². The van der Waals surface area contributed by atoms with Crippen LogP contribution in [0.3, 0.4) is 0 Å². The van der Waals surface area contributed by atoms with Gasteiger partial charge in [-0.05, 0) is 85.3 Å². The Bertz CT molecular complexity index is 1460. The zero-order valence-corrected chi connectivity index (χ0v) is 23.2. The van der Waals surface area contributed by atoms with Gasteiger partial charge < -0.3 is 9.47 Å². The fraction of sp³-hybridized carbons (Fsp3) is 0.0769. The number of nitrogens with one attached hydrogen (secondary N) is 1. The number of nitro groups is 1. The number of hydrazone groups is 1. The Morgan fingerprint density at radius 3 is 2.50 bits per heavy atom. The third kappa shape index (κ3) is 5.93. The average Bonchev–Trinajstić information content (AvgIpc) is 2.87. The zero-order valence-electron chi connectivity index (χ0n) is 18.9. The molecule has 4 aromatic carbocycles. The summed E-state index contributed by atoms with van der Waals surface area (Å²) in [5.41, 5.74) is 4.06. The molecule has 0 saturated carbocycles. The van der Waals surface area contributed by atoms with Crippen molar-refractivity contribution in [3.8, 4) is 11.5 Å². The summed E-state index contributed by atoms with van der Waals surface area (Å²) in [7, 11) is 1.38. The summed E-state index contributed by atoms with van der Waals surface area (Å²) >= 11 is 4.41. The average molecular weight is 707 g/mol. The van der Waals surface area contributed by atoms with Crippen molar-refractivity contribution in [2.75, 3.05) is 7.11 Å². The molecule has 0 unspecified atom stereocenters. The van der Waals surface area contributed by atoms with E-state index in [0.29, 0.717) is 6.61 Å². The highest BCUT2D eigenvalue weighted by atomic mass is 127. The highest BCUT2D eigenvalue weighted by Crippen LogP contribution is 2.30. The van der Waals surface area contributed by atoms with Crippen molar-refractivity contribution in [1.29, 1.82) is 0 Å². The minimum atomic E-state index is -0.619. The predicted molar refractivity (Wildman–Crippen MR) is 155 cm³/mol. The predicted octanol–water partition coefficient (Wildman–Crippen LogP) is 6.31. The second kappa shape index (κ2) is 11.6. The Morgan fingerprint density at radius 1 is 1.06 bits per heavy atom. The van der Waals surface area contributed by atoms with Crippen LogP contribution in [0.1, 0.15) is 21.5 Å². The number of fused-ring (bicyclic) bond motifs is 1. The highest BCUT2D eigenvalue weighted by Gasteiger charge is 2.17. The summed E-state index contributed by atoms with van der Waals surface area (Å²) in [5, 5.41) is 17.4. The molecule has 0 heterocycles. The van der Waals surface area contributed by atoms with Gasteiger partial charge in [0.05, 0.1) is 31.0 Å². The van der Waals surface area contributed by atoms with E-state index < -0.39 is 10.8 Å². The number of benzene rings is 4. The van der Waals surface area contributed by atoms with Crippen LogP contribution in [0.15, 0.2) is 77.9 Å². The van der Waals surface area contributed by atoms with E-state index in [0.717, 1.165) is 35.5 Å². The number of hydrogen-bond donors (Lipinski definition) is 1. The molecule has 0 fully saturated rings. The number of halogens is 2. The van der Waals surface area contributed by atoms with Crippen LogP contribution in [0.25, 0.3) is 10.8 Å². The van der Waals surface area contributed by atoms with Crippen molar-refractivity contribution in [3.63, 3.8) is 0 Å². The van der Waals surface area contributed by atoms with E-state index in [1.54, 1.807) is 0 Å². The molecule has 0 spiro atoms. The highest BCUT2D eigenvalue weighted by molar-refractivity contribution is 14.1. The molecule has 0 bridgehead atoms. The van der Waals surface area contributed by atoms with Crippen LogP contribution in [-0.2, 0) is 6.61 Å². The first kappa shape index (κ1) is 25.8. The molecule has 4 rings (SSSR count). The SMILES string of the molecule is COc1ccc([N+](=O)[O-])cc1C(=O)NN=Cc1cc(I)c(OCc2cccc3ccccc23)c(I)c1. The smallest absolute Gasteiger partial charge is 0.275 e. The maximum Gasteiger partial charge on any atom is 0.275 e. The standard InChI is InChI=1S/C26H19I2N3O5/c1-35-24-10-9-19(31(33)34)13-21(24)26(32)30-29-14-16-11-22(27)25(23(28)12-16)36-15-18-7-4-6-17-5-2-3-8-20(17)18/h2-14H,15H2,1H3,(H,30,32). The number of methoxy groups -OCH3 is 1. The molecule has 0 saturated heterocycles. The lowest BCUT2D eigenvalue weighted by atomic mass is 10.1. The van der Waals surface area contributed by atoms with Crippen molar-refractivity contribution in [3.05, 3.63) is 107 Å². The van der Waals surface area contributed by atoms with E-state index in [4.69, 9.17) is 9.47 Å². The van der Waals surface area contributed by atoms with Crippen molar-refractivity contribution >= 4 is 73.8 Å². The van der Waals surface area contributed by atoms with Crippen LogP contribution in [-0.4, -0.2) is 24.2 Å². The van der Waals surface area contributed by atoms with Crippen molar-refractivity contribution < 1.29 is 19.2 Å². The summed E-state index contributed by atoms with van der Waals surface area (Å²) in [4.78, 5) is 23.0. The van der Waals surface area contributed by atoms with Crippen molar-refractivity contribution in [2.24, 2.45) is 5.10 Å². The molecule has 0 radical (unpaired) electrons. The van der Waals surface area contributed by atoms with Gasteiger partial charge in [0, 0.05) is 12.1 Å². The molecule has 0 aliphatic carbocycles. The molecule has 4 aromatic rings. The maximum absolute atomic E-state index is 12.5. The lowest BCUT2D eigenvalue weighted by Gasteiger charge is -2.13. The Morgan fingerprint density at radius 2 is 1.78 bits per heavy atom. The van der Waals surface area contributed by atoms with Gasteiger partial charge in [-0.1, -0.05) is 42.5 Å². The number of rotatable bonds is 8. The van der Waals surface area contributed by atoms with Gasteiger partial charge in [-0.25, -0.2) is 5.43 Å². The fourth-order valence-corrected chi connectivity index (χ4v) is 5.70. The molecule has 0 atom stereocenters. The monoisotopic (exact) mass is 707 g/mol. The lowest BCUT2D eigenvalue weighted by Crippen LogP contribution is -2.18. The van der Waals surface area contributed by atoms with E-state index in [9.17, 15) is 14.9 Å². The third-order valence-corrected chi connectivity index (χ3v) is 6.89. The van der Waals surface area contributed by atoms with Gasteiger partial charge in [-0.3, -0.25) is 14.9 Å². The van der Waals surface area contributed by atoms with Crippen LogP contribution in [0.2, 0.25) is 0 Å². The number of nitrogens with zero attached hydrogens (tertiary/aromatic N) is 2. The summed E-state index contributed by atoms with van der Waals surface area (Å²) < 4.78 is 13.1. The lowest BCUT2D eigenvalue weighted by molar-refractivity contribution is -0.384. The minimum Gasteiger partial charge on any atom is -0.496 e. The van der Waals surface area contributed by atoms with Crippen LogP contribution in [0.5, 0.6) is 11.5 Å². The largest absolute Gasteiger partial charge is 0.496 e. The quantitative estimate of drug-likeness (QED) is 0.100. The number of nitro benzene ring substituents is 1. The number of ether oxygens (including phenoxy) is 2. The second-order valence-electron chi connectivity index (χ2n) is 7.58. The molecule has 8 nitrogen and oxygen atoms in total. The summed E-state index contributed by atoms with van der Waals surface area (Å²) in [6.07, 6.45) is 1.50. The van der Waals surface area contributed by atoms with Gasteiger partial charge in [0.2, 0.25) is 0 Å². The minimum absolute atomic E-state index is 0.0187. The molecular weight excluding hydrogens is 688 g/mol. The van der Waals surface area contributed by atoms with Crippen LogP contribution in [0.4, 0.5) is 5.69 Å². The number of amides is 1.